The third kappa shape index (κ3) is 1.21. The van der Waals surface area contributed by atoms with Crippen LogP contribution in [0.1, 0.15) is 5.56 Å². The van der Waals surface area contributed by atoms with Crippen molar-refractivity contribution >= 4 is 5.52 Å². The highest BCUT2D eigenvalue weighted by Crippen LogP contribution is 2.16. The van der Waals surface area contributed by atoms with Gasteiger partial charge >= 0.3 is 0 Å². The van der Waals surface area contributed by atoms with Gasteiger partial charge in [-0.25, -0.2) is 4.52 Å². The second-order valence-corrected chi connectivity index (χ2v) is 3.93. The lowest BCUT2D eigenvalue weighted by Gasteiger charge is -2.26. The van der Waals surface area contributed by atoms with E-state index in [9.17, 15) is 0 Å². The highest BCUT2D eigenvalue weighted by atomic mass is 15.2. The molecule has 0 unspecified atom stereocenters. The minimum absolute atomic E-state index is 0.809. The highest BCUT2D eigenvalue weighted by Gasteiger charge is 2.18. The molecule has 1 N–H and O–H groups in total. The van der Waals surface area contributed by atoms with Gasteiger partial charge in [0.25, 0.3) is 0 Å². The van der Waals surface area contributed by atoms with Crippen LogP contribution in [-0.4, -0.2) is 22.7 Å². The molecule has 1 saturated heterocycles. The van der Waals surface area contributed by atoms with Gasteiger partial charge in [-0.2, -0.15) is 5.10 Å². The van der Waals surface area contributed by atoms with E-state index in [2.05, 4.69) is 22.5 Å². The summed E-state index contributed by atoms with van der Waals surface area (Å²) >= 11 is 0. The SMILES string of the molecule is c1ccn2ncc(CC3CNC3)c2c1. The molecule has 0 amide bonds. The molecule has 0 aromatic carbocycles. The average Bonchev–Trinajstić information content (AvgIpc) is 2.55. The van der Waals surface area contributed by atoms with Gasteiger partial charge in [-0.15, -0.1) is 0 Å². The van der Waals surface area contributed by atoms with E-state index in [1.54, 1.807) is 0 Å². The van der Waals surface area contributed by atoms with Gasteiger partial charge in [0.2, 0.25) is 0 Å². The maximum absolute atomic E-state index is 4.33. The molecule has 3 heterocycles. The number of hydrogen-bond donors (Lipinski definition) is 1. The van der Waals surface area contributed by atoms with Crippen molar-refractivity contribution in [2.75, 3.05) is 13.1 Å². The summed E-state index contributed by atoms with van der Waals surface area (Å²) in [6, 6.07) is 6.21. The van der Waals surface area contributed by atoms with Gasteiger partial charge in [0, 0.05) is 6.20 Å². The van der Waals surface area contributed by atoms with Crippen molar-refractivity contribution in [3.8, 4) is 0 Å². The van der Waals surface area contributed by atoms with Crippen LogP contribution >= 0.6 is 0 Å². The lowest BCUT2D eigenvalue weighted by atomic mass is 9.95. The number of aromatic nitrogens is 2. The summed E-state index contributed by atoms with van der Waals surface area (Å²) in [5.74, 6) is 0.809. The van der Waals surface area contributed by atoms with E-state index in [-0.39, 0.29) is 0 Å². The molecule has 1 aliphatic heterocycles. The topological polar surface area (TPSA) is 29.3 Å². The van der Waals surface area contributed by atoms with E-state index in [4.69, 9.17) is 0 Å². The average molecular weight is 187 g/mol. The molecule has 0 saturated carbocycles. The predicted molar refractivity (Wildman–Crippen MR) is 55.3 cm³/mol. The van der Waals surface area contributed by atoms with Crippen molar-refractivity contribution in [2.45, 2.75) is 6.42 Å². The lowest BCUT2D eigenvalue weighted by molar-refractivity contribution is 0.347. The van der Waals surface area contributed by atoms with Crippen molar-refractivity contribution in [1.29, 1.82) is 0 Å². The second-order valence-electron chi connectivity index (χ2n) is 3.93. The maximum Gasteiger partial charge on any atom is 0.0693 e. The third-order valence-electron chi connectivity index (χ3n) is 2.88. The summed E-state index contributed by atoms with van der Waals surface area (Å²) in [6.45, 7) is 2.31. The van der Waals surface area contributed by atoms with Crippen molar-refractivity contribution in [3.05, 3.63) is 36.2 Å². The van der Waals surface area contributed by atoms with Gasteiger partial charge < -0.3 is 5.32 Å². The molecule has 3 rings (SSSR count). The molecule has 3 heteroatoms. The first kappa shape index (κ1) is 8.00. The molecule has 72 valence electrons. The van der Waals surface area contributed by atoms with Gasteiger partial charge in [-0.1, -0.05) is 6.07 Å². The zero-order chi connectivity index (χ0) is 9.38. The van der Waals surface area contributed by atoms with E-state index in [0.717, 1.165) is 25.4 Å². The number of hydrogen-bond acceptors (Lipinski definition) is 2. The van der Waals surface area contributed by atoms with E-state index >= 15 is 0 Å². The first-order valence-corrected chi connectivity index (χ1v) is 5.05. The van der Waals surface area contributed by atoms with Gasteiger partial charge in [0.1, 0.15) is 0 Å². The van der Waals surface area contributed by atoms with Crippen LogP contribution in [0.4, 0.5) is 0 Å². The van der Waals surface area contributed by atoms with Crippen molar-refractivity contribution in [1.82, 2.24) is 14.9 Å². The molecular formula is C11H13N3. The number of fused-ring (bicyclic) bond motifs is 1. The van der Waals surface area contributed by atoms with Crippen LogP contribution in [0.2, 0.25) is 0 Å². The fraction of sp³-hybridized carbons (Fsp3) is 0.364. The fourth-order valence-electron chi connectivity index (χ4n) is 1.95. The molecule has 0 atom stereocenters. The summed E-state index contributed by atoms with van der Waals surface area (Å²) in [5, 5.41) is 7.62. The quantitative estimate of drug-likeness (QED) is 0.762. The van der Waals surface area contributed by atoms with E-state index in [1.807, 2.05) is 23.0 Å². The van der Waals surface area contributed by atoms with Crippen LogP contribution in [0.25, 0.3) is 5.52 Å². The minimum atomic E-state index is 0.809. The van der Waals surface area contributed by atoms with Crippen LogP contribution in [0, 0.1) is 5.92 Å². The highest BCUT2D eigenvalue weighted by molar-refractivity contribution is 5.53. The van der Waals surface area contributed by atoms with Gasteiger partial charge in [0.15, 0.2) is 0 Å². The fourth-order valence-corrected chi connectivity index (χ4v) is 1.95. The Bertz CT molecular complexity index is 442. The Balaban J connectivity index is 1.95. The van der Waals surface area contributed by atoms with Crippen LogP contribution < -0.4 is 5.32 Å². The number of rotatable bonds is 2. The van der Waals surface area contributed by atoms with E-state index < -0.39 is 0 Å². The normalized spacial score (nSPS) is 17.1. The maximum atomic E-state index is 4.33. The summed E-state index contributed by atoms with van der Waals surface area (Å²) in [4.78, 5) is 0. The molecule has 0 spiro atoms. The minimum Gasteiger partial charge on any atom is -0.316 e. The van der Waals surface area contributed by atoms with Gasteiger partial charge in [-0.05, 0) is 43.1 Å². The Morgan fingerprint density at radius 3 is 3.14 bits per heavy atom. The largest absolute Gasteiger partial charge is 0.316 e. The zero-order valence-electron chi connectivity index (χ0n) is 7.98. The van der Waals surface area contributed by atoms with Crippen LogP contribution in [0.15, 0.2) is 30.6 Å². The number of nitrogens with one attached hydrogen (secondary N) is 1. The van der Waals surface area contributed by atoms with Crippen molar-refractivity contribution in [3.63, 3.8) is 0 Å². The molecule has 0 aliphatic carbocycles. The lowest BCUT2D eigenvalue weighted by Crippen LogP contribution is -2.43. The number of pyridine rings is 1. The molecule has 14 heavy (non-hydrogen) atoms. The Morgan fingerprint density at radius 2 is 2.36 bits per heavy atom. The number of nitrogens with zero attached hydrogens (tertiary/aromatic N) is 2. The Morgan fingerprint density at radius 1 is 1.43 bits per heavy atom. The first-order valence-electron chi connectivity index (χ1n) is 5.05. The molecular weight excluding hydrogens is 174 g/mol. The third-order valence-corrected chi connectivity index (χ3v) is 2.88. The van der Waals surface area contributed by atoms with Crippen LogP contribution in [0.5, 0.6) is 0 Å². The van der Waals surface area contributed by atoms with Crippen molar-refractivity contribution in [2.24, 2.45) is 5.92 Å². The smallest absolute Gasteiger partial charge is 0.0693 e. The predicted octanol–water partition coefficient (Wildman–Crippen LogP) is 1.10. The summed E-state index contributed by atoms with van der Waals surface area (Å²) in [6.07, 6.45) is 5.14. The van der Waals surface area contributed by atoms with Gasteiger partial charge in [0.05, 0.1) is 11.7 Å². The van der Waals surface area contributed by atoms with Crippen molar-refractivity contribution < 1.29 is 0 Å². The molecule has 3 nitrogen and oxygen atoms in total. The Kier molecular flexibility index (Phi) is 1.77. The molecule has 1 fully saturated rings. The molecule has 2 aromatic heterocycles. The first-order chi connectivity index (χ1) is 6.93. The summed E-state index contributed by atoms with van der Waals surface area (Å²) in [7, 11) is 0. The molecule has 2 aromatic rings. The molecule has 1 aliphatic rings. The zero-order valence-corrected chi connectivity index (χ0v) is 7.98. The Labute approximate surface area is 82.7 Å². The monoisotopic (exact) mass is 187 g/mol. The Hall–Kier alpha value is -1.35. The van der Waals surface area contributed by atoms with Crippen LogP contribution in [-0.2, 0) is 6.42 Å². The molecule has 0 radical (unpaired) electrons. The standard InChI is InChI=1S/C11H13N3/c1-2-4-14-11(3-1)10(8-13-14)5-9-6-12-7-9/h1-4,8-9,12H,5-7H2. The summed E-state index contributed by atoms with van der Waals surface area (Å²) < 4.78 is 1.95. The second kappa shape index (κ2) is 3.10. The van der Waals surface area contributed by atoms with E-state index in [0.29, 0.717) is 0 Å². The molecule has 0 bridgehead atoms. The van der Waals surface area contributed by atoms with Crippen LogP contribution in [0.3, 0.4) is 0 Å². The summed E-state index contributed by atoms with van der Waals surface area (Å²) in [5.41, 5.74) is 2.62. The van der Waals surface area contributed by atoms with Gasteiger partial charge in [-0.3, -0.25) is 0 Å². The van der Waals surface area contributed by atoms with E-state index in [1.165, 1.54) is 11.1 Å².